The van der Waals surface area contributed by atoms with E-state index in [0.717, 1.165) is 23.4 Å². The van der Waals surface area contributed by atoms with E-state index in [-0.39, 0.29) is 0 Å². The number of oxime groups is 1. The molecule has 1 aliphatic heterocycles. The fraction of sp³-hybridized carbons (Fsp3) is 0.417. The van der Waals surface area contributed by atoms with E-state index in [2.05, 4.69) is 18.1 Å². The van der Waals surface area contributed by atoms with Gasteiger partial charge in [0.05, 0.1) is 24.9 Å². The molecule has 0 radical (unpaired) electrons. The topological polar surface area (TPSA) is 30.8 Å². The van der Waals surface area contributed by atoms with Gasteiger partial charge in [-0.25, -0.2) is 0 Å². The van der Waals surface area contributed by atoms with E-state index in [0.29, 0.717) is 5.25 Å². The van der Waals surface area contributed by atoms with E-state index >= 15 is 0 Å². The number of ether oxygens (including phenoxy) is 1. The van der Waals surface area contributed by atoms with Crippen molar-refractivity contribution in [3.05, 3.63) is 23.8 Å². The van der Waals surface area contributed by atoms with Gasteiger partial charge >= 0.3 is 0 Å². The van der Waals surface area contributed by atoms with Crippen LogP contribution in [-0.4, -0.2) is 24.3 Å². The molecule has 1 unspecified atom stereocenters. The Morgan fingerprint density at radius 1 is 1.47 bits per heavy atom. The summed E-state index contributed by atoms with van der Waals surface area (Å²) in [5, 5.41) is 4.71. The number of methoxy groups -OCH3 is 1. The van der Waals surface area contributed by atoms with Crippen molar-refractivity contribution in [1.29, 1.82) is 0 Å². The highest BCUT2D eigenvalue weighted by atomic mass is 32.2. The average molecular weight is 269 g/mol. The van der Waals surface area contributed by atoms with Crippen LogP contribution in [0.2, 0.25) is 0 Å². The van der Waals surface area contributed by atoms with Crippen LogP contribution >= 0.6 is 23.8 Å². The van der Waals surface area contributed by atoms with Crippen LogP contribution < -0.4 is 4.74 Å². The second kappa shape index (κ2) is 5.69. The number of thioether (sulfide) groups is 1. The SMILES string of the molecule is COc1ccc2c(c1)/C(=N/OSC)CC(C)S2. The number of hydrogen-bond donors (Lipinski definition) is 0. The van der Waals surface area contributed by atoms with Gasteiger partial charge in [-0.15, -0.1) is 11.8 Å². The molecule has 1 aliphatic rings. The van der Waals surface area contributed by atoms with Crippen LogP contribution in [0, 0.1) is 0 Å². The van der Waals surface area contributed by atoms with Crippen LogP contribution in [0.1, 0.15) is 18.9 Å². The Bertz CT molecular complexity index is 435. The van der Waals surface area contributed by atoms with Crippen LogP contribution in [0.5, 0.6) is 5.75 Å². The first-order valence-corrected chi connectivity index (χ1v) is 7.39. The molecular formula is C12H15NO2S2. The molecule has 0 saturated heterocycles. The summed E-state index contributed by atoms with van der Waals surface area (Å²) in [4.78, 5) is 1.24. The molecule has 92 valence electrons. The Kier molecular flexibility index (Phi) is 4.23. The Morgan fingerprint density at radius 3 is 3.00 bits per heavy atom. The maximum Gasteiger partial charge on any atom is 0.119 e. The summed E-state index contributed by atoms with van der Waals surface area (Å²) in [6.45, 7) is 2.20. The molecule has 1 heterocycles. The van der Waals surface area contributed by atoms with E-state index in [1.165, 1.54) is 16.9 Å². The van der Waals surface area contributed by atoms with E-state index < -0.39 is 0 Å². The van der Waals surface area contributed by atoms with Gasteiger partial charge in [0, 0.05) is 28.4 Å². The summed E-state index contributed by atoms with van der Waals surface area (Å²) < 4.78 is 10.4. The van der Waals surface area contributed by atoms with Crippen molar-refractivity contribution in [2.45, 2.75) is 23.5 Å². The molecular weight excluding hydrogens is 254 g/mol. The third-order valence-corrected chi connectivity index (χ3v) is 3.93. The summed E-state index contributed by atoms with van der Waals surface area (Å²) in [6.07, 6.45) is 2.78. The van der Waals surface area contributed by atoms with Gasteiger partial charge in [-0.2, -0.15) is 0 Å². The molecule has 0 aliphatic carbocycles. The van der Waals surface area contributed by atoms with Crippen LogP contribution in [0.25, 0.3) is 0 Å². The summed E-state index contributed by atoms with van der Waals surface area (Å²) in [5.41, 5.74) is 2.13. The zero-order valence-corrected chi connectivity index (χ0v) is 11.7. The predicted octanol–water partition coefficient (Wildman–Crippen LogP) is 3.58. The quantitative estimate of drug-likeness (QED) is 0.620. The number of hydrogen-bond acceptors (Lipinski definition) is 5. The molecule has 1 atom stereocenters. The monoisotopic (exact) mass is 269 g/mol. The Morgan fingerprint density at radius 2 is 2.29 bits per heavy atom. The van der Waals surface area contributed by atoms with Crippen LogP contribution in [-0.2, 0) is 4.28 Å². The second-order valence-corrected chi connectivity index (χ2v) is 5.74. The molecule has 0 amide bonds. The van der Waals surface area contributed by atoms with Gasteiger partial charge in [0.15, 0.2) is 0 Å². The summed E-state index contributed by atoms with van der Waals surface area (Å²) in [7, 11) is 1.68. The Labute approximate surface area is 110 Å². The lowest BCUT2D eigenvalue weighted by molar-refractivity contribution is 0.405. The highest BCUT2D eigenvalue weighted by molar-refractivity contribution is 8.00. The Hall–Kier alpha value is -0.810. The maximum atomic E-state index is 5.25. The highest BCUT2D eigenvalue weighted by Crippen LogP contribution is 2.37. The lowest BCUT2D eigenvalue weighted by atomic mass is 10.0. The van der Waals surface area contributed by atoms with E-state index in [1.54, 1.807) is 7.11 Å². The molecule has 0 saturated carbocycles. The van der Waals surface area contributed by atoms with Gasteiger partial charge in [0.25, 0.3) is 0 Å². The minimum atomic E-state index is 0.528. The second-order valence-electron chi connectivity index (χ2n) is 3.77. The molecule has 17 heavy (non-hydrogen) atoms. The van der Waals surface area contributed by atoms with Crippen LogP contribution in [0.4, 0.5) is 0 Å². The fourth-order valence-corrected chi connectivity index (χ4v) is 3.06. The number of benzene rings is 1. The Balaban J connectivity index is 2.38. The molecule has 1 aromatic rings. The van der Waals surface area contributed by atoms with Crippen molar-refractivity contribution in [3.63, 3.8) is 0 Å². The smallest absolute Gasteiger partial charge is 0.119 e. The molecule has 0 spiro atoms. The number of fused-ring (bicyclic) bond motifs is 1. The van der Waals surface area contributed by atoms with Crippen LogP contribution in [0.15, 0.2) is 28.3 Å². The zero-order chi connectivity index (χ0) is 12.3. The van der Waals surface area contributed by atoms with Crippen molar-refractivity contribution >= 4 is 29.5 Å². The summed E-state index contributed by atoms with van der Waals surface area (Å²) in [5.74, 6) is 0.857. The van der Waals surface area contributed by atoms with Crippen molar-refractivity contribution < 1.29 is 9.02 Å². The largest absolute Gasteiger partial charge is 0.497 e. The van der Waals surface area contributed by atoms with Gasteiger partial charge in [-0.3, -0.25) is 0 Å². The minimum absolute atomic E-state index is 0.528. The zero-order valence-electron chi connectivity index (χ0n) is 10.1. The predicted molar refractivity (Wildman–Crippen MR) is 74.1 cm³/mol. The van der Waals surface area contributed by atoms with Gasteiger partial charge in [-0.1, -0.05) is 12.1 Å². The lowest BCUT2D eigenvalue weighted by Gasteiger charge is -2.22. The third kappa shape index (κ3) is 2.90. The van der Waals surface area contributed by atoms with Crippen molar-refractivity contribution in [2.24, 2.45) is 5.16 Å². The molecule has 0 N–H and O–H groups in total. The van der Waals surface area contributed by atoms with Gasteiger partial charge < -0.3 is 9.02 Å². The number of nitrogens with zero attached hydrogens (tertiary/aromatic N) is 1. The van der Waals surface area contributed by atoms with Gasteiger partial charge in [0.1, 0.15) is 5.75 Å². The molecule has 2 rings (SSSR count). The first-order chi connectivity index (χ1) is 8.24. The minimum Gasteiger partial charge on any atom is -0.497 e. The van der Waals surface area contributed by atoms with Crippen molar-refractivity contribution in [2.75, 3.05) is 13.4 Å². The first kappa shape index (κ1) is 12.6. The van der Waals surface area contributed by atoms with Crippen LogP contribution in [0.3, 0.4) is 0 Å². The summed E-state index contributed by atoms with van der Waals surface area (Å²) >= 11 is 3.13. The molecule has 0 bridgehead atoms. The molecule has 5 heteroatoms. The lowest BCUT2D eigenvalue weighted by Crippen LogP contribution is -2.16. The number of rotatable bonds is 3. The van der Waals surface area contributed by atoms with E-state index in [4.69, 9.17) is 9.02 Å². The van der Waals surface area contributed by atoms with Gasteiger partial charge in [0.2, 0.25) is 0 Å². The van der Waals surface area contributed by atoms with E-state index in [9.17, 15) is 0 Å². The fourth-order valence-electron chi connectivity index (χ4n) is 1.77. The normalized spacial score (nSPS) is 21.1. The van der Waals surface area contributed by atoms with E-state index in [1.807, 2.05) is 30.2 Å². The van der Waals surface area contributed by atoms with Crippen molar-refractivity contribution in [1.82, 2.24) is 0 Å². The standard InChI is InChI=1S/C12H15NO2S2/c1-8-6-11(13-15-16-3)10-7-9(14-2)4-5-12(10)17-8/h4-5,7-8H,6H2,1-3H3/b13-11+. The average Bonchev–Trinajstić information content (AvgIpc) is 2.35. The molecule has 3 nitrogen and oxygen atoms in total. The first-order valence-electron chi connectivity index (χ1n) is 5.36. The highest BCUT2D eigenvalue weighted by Gasteiger charge is 2.22. The van der Waals surface area contributed by atoms with Gasteiger partial charge in [-0.05, 0) is 18.2 Å². The molecule has 0 aromatic heterocycles. The molecule has 1 aromatic carbocycles. The molecule has 0 fully saturated rings. The summed E-state index contributed by atoms with van der Waals surface area (Å²) in [6, 6.07) is 6.09. The van der Waals surface area contributed by atoms with Crippen molar-refractivity contribution in [3.8, 4) is 5.75 Å². The third-order valence-electron chi connectivity index (χ3n) is 2.53. The maximum absolute atomic E-state index is 5.25.